The molecule has 4 aromatic rings. The van der Waals surface area contributed by atoms with Gasteiger partial charge < -0.3 is 16.0 Å². The van der Waals surface area contributed by atoms with Crippen molar-refractivity contribution in [3.05, 3.63) is 78.2 Å². The van der Waals surface area contributed by atoms with Gasteiger partial charge in [-0.1, -0.05) is 12.1 Å². The number of fused-ring (bicyclic) bond motifs is 1. The lowest BCUT2D eigenvalue weighted by atomic mass is 10.1. The van der Waals surface area contributed by atoms with Crippen LogP contribution in [0.5, 0.6) is 0 Å². The number of nitrogens with zero attached hydrogens (tertiary/aromatic N) is 3. The van der Waals surface area contributed by atoms with Crippen molar-refractivity contribution in [1.82, 2.24) is 25.2 Å². The van der Waals surface area contributed by atoms with Crippen LogP contribution < -0.4 is 16.0 Å². The molecule has 0 aliphatic carbocycles. The summed E-state index contributed by atoms with van der Waals surface area (Å²) in [4.78, 5) is 17.1. The summed E-state index contributed by atoms with van der Waals surface area (Å²) in [5, 5.41) is 14.0. The first-order valence-corrected chi connectivity index (χ1v) is 10.7. The Hall–Kier alpha value is -3.78. The average molecular weight is 430 g/mol. The number of amides is 1. The predicted octanol–water partition coefficient (Wildman–Crippen LogP) is 3.76. The zero-order valence-electron chi connectivity index (χ0n) is 17.4. The fraction of sp³-hybridized carbons (Fsp3) is 0.208. The van der Waals surface area contributed by atoms with E-state index in [-0.39, 0.29) is 17.8 Å². The normalized spacial score (nSPS) is 14.4. The van der Waals surface area contributed by atoms with Gasteiger partial charge in [-0.05, 0) is 80.0 Å². The molecule has 2 aromatic heterocycles. The summed E-state index contributed by atoms with van der Waals surface area (Å²) in [5.74, 6) is 0.0569. The average Bonchev–Trinajstić information content (AvgIpc) is 3.22. The Kier molecular flexibility index (Phi) is 5.51. The number of nitrogens with one attached hydrogen (secondary N) is 3. The van der Waals surface area contributed by atoms with Crippen molar-refractivity contribution in [3.8, 4) is 11.1 Å². The fourth-order valence-corrected chi connectivity index (χ4v) is 3.91. The summed E-state index contributed by atoms with van der Waals surface area (Å²) in [7, 11) is 0. The van der Waals surface area contributed by atoms with Crippen LogP contribution in [0.2, 0.25) is 0 Å². The molecule has 1 aliphatic heterocycles. The number of halogens is 1. The third-order valence-electron chi connectivity index (χ3n) is 5.58. The SMILES string of the molecule is O=C(NC1CCNCC1)c1ccc(Nc2nc3c(-c4cccc(F)c4)cccn3n2)cc1. The van der Waals surface area contributed by atoms with Crippen LogP contribution in [0.25, 0.3) is 16.8 Å². The molecule has 7 nitrogen and oxygen atoms in total. The molecule has 0 spiro atoms. The summed E-state index contributed by atoms with van der Waals surface area (Å²) in [6.45, 7) is 1.86. The third-order valence-corrected chi connectivity index (χ3v) is 5.58. The number of aromatic nitrogens is 3. The van der Waals surface area contributed by atoms with Crippen molar-refractivity contribution in [2.45, 2.75) is 18.9 Å². The molecule has 3 heterocycles. The number of carbonyl (C=O) groups is 1. The van der Waals surface area contributed by atoms with Gasteiger partial charge in [0.25, 0.3) is 5.91 Å². The van der Waals surface area contributed by atoms with Gasteiger partial charge in [0.05, 0.1) is 0 Å². The second kappa shape index (κ2) is 8.76. The lowest BCUT2D eigenvalue weighted by molar-refractivity contribution is 0.0929. The van der Waals surface area contributed by atoms with E-state index in [1.807, 2.05) is 30.3 Å². The molecule has 32 heavy (non-hydrogen) atoms. The number of pyridine rings is 1. The lowest BCUT2D eigenvalue weighted by Gasteiger charge is -2.23. The van der Waals surface area contributed by atoms with Crippen LogP contribution in [0, 0.1) is 5.82 Å². The van der Waals surface area contributed by atoms with E-state index >= 15 is 0 Å². The molecule has 0 atom stereocenters. The van der Waals surface area contributed by atoms with Gasteiger partial charge in [-0.3, -0.25) is 4.79 Å². The van der Waals surface area contributed by atoms with E-state index in [4.69, 9.17) is 0 Å². The number of rotatable bonds is 5. The van der Waals surface area contributed by atoms with E-state index in [1.165, 1.54) is 12.1 Å². The minimum absolute atomic E-state index is 0.0611. The molecule has 8 heteroatoms. The van der Waals surface area contributed by atoms with Gasteiger partial charge in [-0.25, -0.2) is 8.91 Å². The van der Waals surface area contributed by atoms with Crippen LogP contribution in [-0.2, 0) is 0 Å². The molecule has 1 amide bonds. The highest BCUT2D eigenvalue weighted by Gasteiger charge is 2.16. The molecule has 3 N–H and O–H groups in total. The first kappa shape index (κ1) is 20.1. The van der Waals surface area contributed by atoms with Gasteiger partial charge in [0.15, 0.2) is 5.65 Å². The van der Waals surface area contributed by atoms with Crippen LogP contribution in [-0.4, -0.2) is 39.6 Å². The maximum absolute atomic E-state index is 13.7. The Balaban J connectivity index is 1.32. The molecule has 0 bridgehead atoms. The minimum atomic E-state index is -0.299. The number of piperidine rings is 1. The van der Waals surface area contributed by atoms with Gasteiger partial charge >= 0.3 is 0 Å². The summed E-state index contributed by atoms with van der Waals surface area (Å²) >= 11 is 0. The molecule has 162 valence electrons. The van der Waals surface area contributed by atoms with Crippen molar-refractivity contribution in [1.29, 1.82) is 0 Å². The molecule has 0 radical (unpaired) electrons. The Morgan fingerprint density at radius 3 is 2.66 bits per heavy atom. The Morgan fingerprint density at radius 1 is 1.06 bits per heavy atom. The molecule has 1 saturated heterocycles. The Bertz CT molecular complexity index is 1250. The number of hydrogen-bond acceptors (Lipinski definition) is 5. The minimum Gasteiger partial charge on any atom is -0.349 e. The smallest absolute Gasteiger partial charge is 0.251 e. The molecule has 0 unspecified atom stereocenters. The van der Waals surface area contributed by atoms with Crippen molar-refractivity contribution < 1.29 is 9.18 Å². The van der Waals surface area contributed by atoms with Crippen LogP contribution >= 0.6 is 0 Å². The van der Waals surface area contributed by atoms with Crippen LogP contribution in [0.4, 0.5) is 16.0 Å². The standard InChI is InChI=1S/C24H23FN6O/c25-18-4-1-3-17(15-18)21-5-2-14-31-22(21)29-24(30-31)28-19-8-6-16(7-9-19)23(32)27-20-10-12-26-13-11-20/h1-9,14-15,20,26H,10-13H2,(H,27,32)(H,28,30). The van der Waals surface area contributed by atoms with Crippen molar-refractivity contribution in [3.63, 3.8) is 0 Å². The summed E-state index contributed by atoms with van der Waals surface area (Å²) in [6.07, 6.45) is 3.69. The van der Waals surface area contributed by atoms with Gasteiger partial charge in [0.1, 0.15) is 5.82 Å². The van der Waals surface area contributed by atoms with Crippen LogP contribution in [0.3, 0.4) is 0 Å². The van der Waals surface area contributed by atoms with Crippen LogP contribution in [0.1, 0.15) is 23.2 Å². The van der Waals surface area contributed by atoms with E-state index in [0.29, 0.717) is 17.2 Å². The quantitative estimate of drug-likeness (QED) is 0.449. The Morgan fingerprint density at radius 2 is 1.88 bits per heavy atom. The first-order chi connectivity index (χ1) is 15.7. The first-order valence-electron chi connectivity index (χ1n) is 10.7. The molecular formula is C24H23FN6O. The molecule has 5 rings (SSSR count). The third kappa shape index (κ3) is 4.31. The molecule has 2 aromatic carbocycles. The molecule has 0 saturated carbocycles. The molecule has 1 aliphatic rings. The maximum Gasteiger partial charge on any atom is 0.251 e. The highest BCUT2D eigenvalue weighted by molar-refractivity contribution is 5.94. The second-order valence-electron chi connectivity index (χ2n) is 7.84. The van der Waals surface area contributed by atoms with E-state index in [0.717, 1.165) is 42.7 Å². The van der Waals surface area contributed by atoms with Gasteiger partial charge in [0.2, 0.25) is 5.95 Å². The van der Waals surface area contributed by atoms with Crippen molar-refractivity contribution in [2.75, 3.05) is 18.4 Å². The number of carbonyl (C=O) groups excluding carboxylic acids is 1. The maximum atomic E-state index is 13.7. The summed E-state index contributed by atoms with van der Waals surface area (Å²) in [6, 6.07) is 17.6. The van der Waals surface area contributed by atoms with E-state index in [9.17, 15) is 9.18 Å². The summed E-state index contributed by atoms with van der Waals surface area (Å²) < 4.78 is 15.3. The molecule has 1 fully saturated rings. The second-order valence-corrected chi connectivity index (χ2v) is 7.84. The summed E-state index contributed by atoms with van der Waals surface area (Å²) in [5.41, 5.74) is 3.53. The molecular weight excluding hydrogens is 407 g/mol. The van der Waals surface area contributed by atoms with Gasteiger partial charge in [0, 0.05) is 29.1 Å². The van der Waals surface area contributed by atoms with Crippen LogP contribution in [0.15, 0.2) is 66.9 Å². The Labute approximate surface area is 184 Å². The number of hydrogen-bond donors (Lipinski definition) is 3. The largest absolute Gasteiger partial charge is 0.349 e. The number of benzene rings is 2. The predicted molar refractivity (Wildman–Crippen MR) is 121 cm³/mol. The number of anilines is 2. The zero-order chi connectivity index (χ0) is 21.9. The van der Waals surface area contributed by atoms with Crippen molar-refractivity contribution in [2.24, 2.45) is 0 Å². The van der Waals surface area contributed by atoms with E-state index in [1.54, 1.807) is 28.9 Å². The van der Waals surface area contributed by atoms with Gasteiger partial charge in [-0.15, -0.1) is 5.10 Å². The lowest BCUT2D eigenvalue weighted by Crippen LogP contribution is -2.42. The fourth-order valence-electron chi connectivity index (χ4n) is 3.91. The topological polar surface area (TPSA) is 83.4 Å². The van der Waals surface area contributed by atoms with E-state index < -0.39 is 0 Å². The van der Waals surface area contributed by atoms with Gasteiger partial charge in [-0.2, -0.15) is 4.98 Å². The zero-order valence-corrected chi connectivity index (χ0v) is 17.4. The highest BCUT2D eigenvalue weighted by Crippen LogP contribution is 2.25. The van der Waals surface area contributed by atoms with Crippen molar-refractivity contribution >= 4 is 23.2 Å². The monoisotopic (exact) mass is 430 g/mol. The highest BCUT2D eigenvalue weighted by atomic mass is 19.1. The van der Waals surface area contributed by atoms with E-state index in [2.05, 4.69) is 26.0 Å².